The molecule has 2 atom stereocenters. The SMILES string of the molecule is Cc1ccc(CN2CC[C@@]3(C[C@H](NC(=O)c4cnn(C)c4)CCO3)C2)o1. The molecule has 0 unspecified atom stereocenters. The molecule has 0 saturated carbocycles. The second-order valence-electron chi connectivity index (χ2n) is 7.57. The fourth-order valence-corrected chi connectivity index (χ4v) is 4.10. The topological polar surface area (TPSA) is 72.5 Å². The summed E-state index contributed by atoms with van der Waals surface area (Å²) >= 11 is 0. The smallest absolute Gasteiger partial charge is 0.254 e. The lowest BCUT2D eigenvalue weighted by Gasteiger charge is -2.38. The van der Waals surface area contributed by atoms with Gasteiger partial charge in [-0.25, -0.2) is 0 Å². The predicted octanol–water partition coefficient (Wildman–Crippen LogP) is 1.88. The van der Waals surface area contributed by atoms with Gasteiger partial charge >= 0.3 is 0 Å². The lowest BCUT2D eigenvalue weighted by atomic mass is 9.89. The number of aromatic nitrogens is 2. The van der Waals surface area contributed by atoms with Crippen molar-refractivity contribution in [2.75, 3.05) is 19.7 Å². The summed E-state index contributed by atoms with van der Waals surface area (Å²) < 4.78 is 13.5. The van der Waals surface area contributed by atoms with Gasteiger partial charge in [-0.2, -0.15) is 5.10 Å². The molecule has 7 nitrogen and oxygen atoms in total. The first-order valence-electron chi connectivity index (χ1n) is 9.22. The number of rotatable bonds is 4. The summed E-state index contributed by atoms with van der Waals surface area (Å²) in [6.45, 7) is 5.33. The molecule has 0 aromatic carbocycles. The summed E-state index contributed by atoms with van der Waals surface area (Å²) in [4.78, 5) is 14.8. The molecule has 2 saturated heterocycles. The molecule has 4 rings (SSSR count). The van der Waals surface area contributed by atoms with E-state index in [-0.39, 0.29) is 17.6 Å². The minimum atomic E-state index is -0.160. The van der Waals surface area contributed by atoms with Gasteiger partial charge in [0.2, 0.25) is 0 Å². The van der Waals surface area contributed by atoms with E-state index in [0.717, 1.165) is 50.4 Å². The van der Waals surface area contributed by atoms with E-state index in [2.05, 4.69) is 15.3 Å². The zero-order valence-corrected chi connectivity index (χ0v) is 15.4. The molecule has 0 aliphatic carbocycles. The van der Waals surface area contributed by atoms with E-state index in [4.69, 9.17) is 9.15 Å². The maximum absolute atomic E-state index is 12.4. The largest absolute Gasteiger partial charge is 0.465 e. The van der Waals surface area contributed by atoms with Gasteiger partial charge < -0.3 is 14.5 Å². The van der Waals surface area contributed by atoms with Gasteiger partial charge in [0.1, 0.15) is 11.5 Å². The lowest BCUT2D eigenvalue weighted by molar-refractivity contribution is -0.0794. The Labute approximate surface area is 153 Å². The molecule has 1 spiro atoms. The summed E-state index contributed by atoms with van der Waals surface area (Å²) in [6, 6.07) is 4.18. The van der Waals surface area contributed by atoms with Crippen molar-refractivity contribution in [2.45, 2.75) is 44.4 Å². The lowest BCUT2D eigenvalue weighted by Crippen LogP contribution is -2.49. The Kier molecular flexibility index (Phi) is 4.58. The Hall–Kier alpha value is -2.12. The first kappa shape index (κ1) is 17.3. The van der Waals surface area contributed by atoms with Crippen molar-refractivity contribution in [3.63, 3.8) is 0 Å². The second kappa shape index (κ2) is 6.89. The summed E-state index contributed by atoms with van der Waals surface area (Å²) in [5.74, 6) is 1.89. The number of hydrogen-bond acceptors (Lipinski definition) is 5. The number of furan rings is 1. The van der Waals surface area contributed by atoms with E-state index in [0.29, 0.717) is 12.2 Å². The molecule has 7 heteroatoms. The first-order chi connectivity index (χ1) is 12.5. The van der Waals surface area contributed by atoms with Gasteiger partial charge in [0.05, 0.1) is 23.9 Å². The molecule has 2 aliphatic rings. The first-order valence-corrected chi connectivity index (χ1v) is 9.22. The Bertz CT molecular complexity index is 783. The van der Waals surface area contributed by atoms with Gasteiger partial charge in [0.25, 0.3) is 5.91 Å². The standard InChI is InChI=1S/C19H26N4O3/c1-14-3-4-17(26-14)12-23-7-6-19(13-23)9-16(5-8-25-19)21-18(24)15-10-20-22(2)11-15/h3-4,10-11,16H,5-9,12-13H2,1-2H3,(H,21,24)/t16-,19-/m1/s1. The molecule has 1 N–H and O–H groups in total. The van der Waals surface area contributed by atoms with Crippen molar-refractivity contribution in [1.82, 2.24) is 20.0 Å². The molecule has 0 radical (unpaired) electrons. The monoisotopic (exact) mass is 358 g/mol. The number of aryl methyl sites for hydroxylation is 2. The van der Waals surface area contributed by atoms with Crippen molar-refractivity contribution in [3.05, 3.63) is 41.6 Å². The number of hydrogen-bond donors (Lipinski definition) is 1. The summed E-state index contributed by atoms with van der Waals surface area (Å²) in [7, 11) is 1.81. The van der Waals surface area contributed by atoms with Crippen molar-refractivity contribution < 1.29 is 13.9 Å². The summed E-state index contributed by atoms with van der Waals surface area (Å²) in [5, 5.41) is 7.23. The van der Waals surface area contributed by atoms with Crippen LogP contribution in [-0.2, 0) is 18.3 Å². The quantitative estimate of drug-likeness (QED) is 0.903. The molecule has 4 heterocycles. The zero-order valence-electron chi connectivity index (χ0n) is 15.4. The predicted molar refractivity (Wildman–Crippen MR) is 95.7 cm³/mol. The molecular weight excluding hydrogens is 332 g/mol. The highest BCUT2D eigenvalue weighted by atomic mass is 16.5. The van der Waals surface area contributed by atoms with Gasteiger partial charge in [0, 0.05) is 39.0 Å². The summed E-state index contributed by atoms with van der Waals surface area (Å²) in [6.07, 6.45) is 6.05. The minimum absolute atomic E-state index is 0.0546. The van der Waals surface area contributed by atoms with E-state index in [1.807, 2.05) is 26.1 Å². The van der Waals surface area contributed by atoms with Crippen LogP contribution in [0.3, 0.4) is 0 Å². The third-order valence-corrected chi connectivity index (χ3v) is 5.37. The van der Waals surface area contributed by atoms with Crippen LogP contribution in [0.1, 0.15) is 41.1 Å². The van der Waals surface area contributed by atoms with E-state index in [1.165, 1.54) is 0 Å². The van der Waals surface area contributed by atoms with Crippen LogP contribution < -0.4 is 5.32 Å². The van der Waals surface area contributed by atoms with E-state index in [1.54, 1.807) is 17.1 Å². The maximum atomic E-state index is 12.4. The highest BCUT2D eigenvalue weighted by Gasteiger charge is 2.43. The van der Waals surface area contributed by atoms with Crippen LogP contribution in [0.4, 0.5) is 0 Å². The number of nitrogens with zero attached hydrogens (tertiary/aromatic N) is 3. The van der Waals surface area contributed by atoms with Crippen LogP contribution in [0, 0.1) is 6.92 Å². The number of likely N-dealkylation sites (tertiary alicyclic amines) is 1. The molecular formula is C19H26N4O3. The fourth-order valence-electron chi connectivity index (χ4n) is 4.10. The number of nitrogens with one attached hydrogen (secondary N) is 1. The molecule has 0 bridgehead atoms. The molecule has 2 aromatic heterocycles. The van der Waals surface area contributed by atoms with Gasteiger partial charge in [-0.15, -0.1) is 0 Å². The number of ether oxygens (including phenoxy) is 1. The van der Waals surface area contributed by atoms with Crippen molar-refractivity contribution in [1.29, 1.82) is 0 Å². The number of carbonyl (C=O) groups is 1. The maximum Gasteiger partial charge on any atom is 0.254 e. The Morgan fingerprint density at radius 2 is 2.35 bits per heavy atom. The van der Waals surface area contributed by atoms with Crippen molar-refractivity contribution in [2.24, 2.45) is 7.05 Å². The van der Waals surface area contributed by atoms with Crippen LogP contribution >= 0.6 is 0 Å². The van der Waals surface area contributed by atoms with E-state index < -0.39 is 0 Å². The highest BCUT2D eigenvalue weighted by molar-refractivity contribution is 5.93. The Morgan fingerprint density at radius 3 is 3.08 bits per heavy atom. The minimum Gasteiger partial charge on any atom is -0.465 e. The van der Waals surface area contributed by atoms with Crippen LogP contribution in [0.15, 0.2) is 28.9 Å². The average Bonchev–Trinajstić information content (AvgIpc) is 3.30. The number of amides is 1. The second-order valence-corrected chi connectivity index (χ2v) is 7.57. The molecule has 2 aliphatic heterocycles. The molecule has 2 aromatic rings. The molecule has 2 fully saturated rings. The third kappa shape index (κ3) is 3.68. The van der Waals surface area contributed by atoms with Crippen LogP contribution in [0.5, 0.6) is 0 Å². The Balaban J connectivity index is 1.35. The zero-order chi connectivity index (χ0) is 18.1. The van der Waals surface area contributed by atoms with Crippen molar-refractivity contribution >= 4 is 5.91 Å². The molecule has 140 valence electrons. The van der Waals surface area contributed by atoms with Gasteiger partial charge in [-0.05, 0) is 38.3 Å². The van der Waals surface area contributed by atoms with Gasteiger partial charge in [0.15, 0.2) is 0 Å². The van der Waals surface area contributed by atoms with E-state index in [9.17, 15) is 4.79 Å². The van der Waals surface area contributed by atoms with Crippen LogP contribution in [0.2, 0.25) is 0 Å². The molecule has 26 heavy (non-hydrogen) atoms. The third-order valence-electron chi connectivity index (χ3n) is 5.37. The normalized spacial score (nSPS) is 26.5. The van der Waals surface area contributed by atoms with Crippen molar-refractivity contribution in [3.8, 4) is 0 Å². The Morgan fingerprint density at radius 1 is 1.46 bits per heavy atom. The molecule has 1 amide bonds. The highest BCUT2D eigenvalue weighted by Crippen LogP contribution is 2.35. The number of carbonyl (C=O) groups excluding carboxylic acids is 1. The average molecular weight is 358 g/mol. The van der Waals surface area contributed by atoms with Gasteiger partial charge in [-0.3, -0.25) is 14.4 Å². The van der Waals surface area contributed by atoms with Crippen LogP contribution in [-0.4, -0.2) is 51.9 Å². The summed E-state index contributed by atoms with van der Waals surface area (Å²) in [5.41, 5.74) is 0.446. The van der Waals surface area contributed by atoms with E-state index >= 15 is 0 Å². The fraction of sp³-hybridized carbons (Fsp3) is 0.579. The van der Waals surface area contributed by atoms with Gasteiger partial charge in [-0.1, -0.05) is 0 Å². The van der Waals surface area contributed by atoms with Crippen LogP contribution in [0.25, 0.3) is 0 Å².